The Morgan fingerprint density at radius 3 is 2.24 bits per heavy atom. The first-order valence-corrected chi connectivity index (χ1v) is 12.3. The zero-order valence-electron chi connectivity index (χ0n) is 16.0. The van der Waals surface area contributed by atoms with Gasteiger partial charge in [0, 0.05) is 22.8 Å². The predicted molar refractivity (Wildman–Crippen MR) is 113 cm³/mol. The summed E-state index contributed by atoms with van der Waals surface area (Å²) in [6.45, 7) is 12.8. The lowest BCUT2D eigenvalue weighted by Gasteiger charge is -2.66. The van der Waals surface area contributed by atoms with Crippen LogP contribution in [0, 0.1) is 27.1 Å². The van der Waals surface area contributed by atoms with E-state index in [1.54, 1.807) is 0 Å². The number of carbonyl (C=O) groups is 1. The van der Waals surface area contributed by atoms with Gasteiger partial charge < -0.3 is 4.90 Å². The summed E-state index contributed by atoms with van der Waals surface area (Å²) >= 11 is 11.6. The van der Waals surface area contributed by atoms with E-state index in [1.807, 2.05) is 0 Å². The highest BCUT2D eigenvalue weighted by Gasteiger charge is 2.84. The van der Waals surface area contributed by atoms with Crippen LogP contribution in [0.3, 0.4) is 0 Å². The van der Waals surface area contributed by atoms with Crippen molar-refractivity contribution in [3.8, 4) is 0 Å². The molecular weight excluding hydrogens is 510 g/mol. The third kappa shape index (κ3) is 2.10. The molecule has 4 bridgehead atoms. The molecule has 25 heavy (non-hydrogen) atoms. The van der Waals surface area contributed by atoms with Crippen LogP contribution in [0.5, 0.6) is 0 Å². The summed E-state index contributed by atoms with van der Waals surface area (Å²) in [4.78, 5) is 16.5. The third-order valence-corrected chi connectivity index (χ3v) is 11.8. The van der Waals surface area contributed by atoms with Gasteiger partial charge >= 0.3 is 0 Å². The zero-order valence-corrected chi connectivity index (χ0v) is 20.7. The number of likely N-dealkylation sites (tertiary alicyclic amines) is 1. The Balaban J connectivity index is 1.67. The highest BCUT2D eigenvalue weighted by Crippen LogP contribution is 2.83. The zero-order chi connectivity index (χ0) is 18.6. The number of alkyl halides is 3. The maximum absolute atomic E-state index is 14.0. The predicted octanol–water partition coefficient (Wildman–Crippen LogP) is 6.10. The average Bonchev–Trinajstić information content (AvgIpc) is 3.00. The molecule has 5 fully saturated rings. The van der Waals surface area contributed by atoms with Crippen molar-refractivity contribution in [2.45, 2.75) is 81.3 Å². The molecule has 1 aliphatic heterocycles. The molecule has 5 rings (SSSR count). The van der Waals surface area contributed by atoms with E-state index in [4.69, 9.17) is 0 Å². The van der Waals surface area contributed by atoms with Gasteiger partial charge in [0.05, 0.1) is 9.15 Å². The number of nitrogens with zero attached hydrogens (tertiary/aromatic N) is 1. The summed E-state index contributed by atoms with van der Waals surface area (Å²) < 4.78 is 0.240. The number of rotatable bonds is 2. The molecule has 0 radical (unpaired) electrons. The normalized spacial score (nSPS) is 49.4. The van der Waals surface area contributed by atoms with Crippen molar-refractivity contribution in [3.63, 3.8) is 0 Å². The van der Waals surface area contributed by atoms with E-state index in [-0.39, 0.29) is 24.8 Å². The summed E-state index contributed by atoms with van der Waals surface area (Å²) in [6, 6.07) is 0.436. The molecule has 0 aromatic carbocycles. The molecule has 5 heteroatoms. The number of halogens is 3. The molecule has 4 saturated carbocycles. The molecule has 2 nitrogen and oxygen atoms in total. The van der Waals surface area contributed by atoms with Gasteiger partial charge in [-0.2, -0.15) is 0 Å². The van der Waals surface area contributed by atoms with E-state index < -0.39 is 0 Å². The van der Waals surface area contributed by atoms with Gasteiger partial charge in [0.25, 0.3) is 0 Å². The largest absolute Gasteiger partial charge is 0.339 e. The molecule has 0 aromatic heterocycles. The van der Waals surface area contributed by atoms with Crippen molar-refractivity contribution >= 4 is 53.7 Å². The fraction of sp³-hybridized carbons (Fsp3) is 0.950. The van der Waals surface area contributed by atoms with Crippen LogP contribution in [-0.4, -0.2) is 32.0 Å². The Kier molecular flexibility index (Phi) is 4.07. The highest BCUT2D eigenvalue weighted by molar-refractivity contribution is 9.24. The first-order chi connectivity index (χ1) is 11.3. The molecule has 142 valence electrons. The van der Waals surface area contributed by atoms with Crippen molar-refractivity contribution in [3.05, 3.63) is 0 Å². The summed E-state index contributed by atoms with van der Waals surface area (Å²) in [5, 5.41) is 0. The average molecular weight is 540 g/mol. The van der Waals surface area contributed by atoms with Crippen molar-refractivity contribution in [2.75, 3.05) is 6.54 Å². The van der Waals surface area contributed by atoms with Crippen LogP contribution in [-0.2, 0) is 4.79 Å². The van der Waals surface area contributed by atoms with Crippen LogP contribution >= 0.6 is 47.8 Å². The quantitative estimate of drug-likeness (QED) is 0.388. The van der Waals surface area contributed by atoms with Crippen LogP contribution in [0.2, 0.25) is 0 Å². The second kappa shape index (κ2) is 5.28. The summed E-state index contributed by atoms with van der Waals surface area (Å²) in [5.41, 5.74) is 0.516. The number of fused-ring (bicyclic) bond motifs is 3. The van der Waals surface area contributed by atoms with Crippen LogP contribution in [0.1, 0.15) is 66.7 Å². The Morgan fingerprint density at radius 1 is 1.08 bits per heavy atom. The molecule has 4 aliphatic carbocycles. The number of hydrogen-bond acceptors (Lipinski definition) is 1. The Morgan fingerprint density at radius 2 is 1.72 bits per heavy atom. The minimum absolute atomic E-state index is 0.00394. The lowest BCUT2D eigenvalue weighted by molar-refractivity contribution is -0.174. The maximum atomic E-state index is 14.0. The van der Waals surface area contributed by atoms with E-state index >= 15 is 0 Å². The summed E-state index contributed by atoms with van der Waals surface area (Å²) in [6.07, 6.45) is 5.69. The van der Waals surface area contributed by atoms with Crippen molar-refractivity contribution < 1.29 is 4.79 Å². The molecule has 0 unspecified atom stereocenters. The molecule has 5 atom stereocenters. The van der Waals surface area contributed by atoms with Crippen LogP contribution in [0.15, 0.2) is 0 Å². The first kappa shape index (κ1) is 19.2. The first-order valence-electron chi connectivity index (χ1n) is 9.56. The standard InChI is InChI=1S/C20H30Br3NO/c1-16(2)8-12-9-18(5,10-16)11-24(12)15(25)20-7-6-19(13(20)21,14(22)23)17(20,3)4/h12-14H,6-11H2,1-5H3/t12-,13+,18+,19-,20+/m0/s1. The molecule has 1 amide bonds. The lowest BCUT2D eigenvalue weighted by atomic mass is 9.43. The molecular formula is C20H30Br3NO. The fourth-order valence-corrected chi connectivity index (χ4v) is 12.5. The van der Waals surface area contributed by atoms with Gasteiger partial charge in [-0.3, -0.25) is 4.79 Å². The van der Waals surface area contributed by atoms with E-state index in [2.05, 4.69) is 87.3 Å². The number of carbonyl (C=O) groups excluding carboxylic acids is 1. The Hall–Kier alpha value is 0.910. The van der Waals surface area contributed by atoms with Crippen LogP contribution < -0.4 is 0 Å². The molecule has 0 spiro atoms. The van der Waals surface area contributed by atoms with Gasteiger partial charge in [-0.05, 0) is 48.3 Å². The van der Waals surface area contributed by atoms with Gasteiger partial charge in [-0.25, -0.2) is 0 Å². The van der Waals surface area contributed by atoms with Gasteiger partial charge in [-0.1, -0.05) is 82.4 Å². The SMILES string of the molecule is CC1(C)C[C@H]2C[C@@](C)(CN2C(=O)[C@@]23CC[C@@](C(Br)Br)([C@H]2Br)C3(C)C)C1. The molecule has 1 heterocycles. The topological polar surface area (TPSA) is 20.3 Å². The second-order valence-electron chi connectivity index (χ2n) is 10.9. The maximum Gasteiger partial charge on any atom is 0.230 e. The third-order valence-electron chi connectivity index (χ3n) is 8.54. The van der Waals surface area contributed by atoms with Crippen molar-refractivity contribution in [2.24, 2.45) is 27.1 Å². The smallest absolute Gasteiger partial charge is 0.230 e. The van der Waals surface area contributed by atoms with Crippen molar-refractivity contribution in [1.82, 2.24) is 4.90 Å². The minimum Gasteiger partial charge on any atom is -0.339 e. The van der Waals surface area contributed by atoms with Gasteiger partial charge in [-0.15, -0.1) is 0 Å². The fourth-order valence-electron chi connectivity index (χ4n) is 7.62. The summed E-state index contributed by atoms with van der Waals surface area (Å²) in [5.74, 6) is 0.430. The Bertz CT molecular complexity index is 632. The number of hydrogen-bond donors (Lipinski definition) is 0. The van der Waals surface area contributed by atoms with E-state index in [1.165, 1.54) is 12.8 Å². The monoisotopic (exact) mass is 537 g/mol. The van der Waals surface area contributed by atoms with Crippen molar-refractivity contribution in [1.29, 1.82) is 0 Å². The lowest BCUT2D eigenvalue weighted by Crippen LogP contribution is -2.72. The molecule has 0 N–H and O–H groups in total. The van der Waals surface area contributed by atoms with Gasteiger partial charge in [0.2, 0.25) is 5.91 Å². The number of amides is 1. The van der Waals surface area contributed by atoms with Gasteiger partial charge in [0.15, 0.2) is 0 Å². The van der Waals surface area contributed by atoms with E-state index in [9.17, 15) is 4.79 Å². The molecule has 1 saturated heterocycles. The van der Waals surface area contributed by atoms with Crippen LogP contribution in [0.25, 0.3) is 0 Å². The van der Waals surface area contributed by atoms with E-state index in [0.29, 0.717) is 22.8 Å². The highest BCUT2D eigenvalue weighted by atomic mass is 79.9. The van der Waals surface area contributed by atoms with Gasteiger partial charge in [0.1, 0.15) is 0 Å². The Labute approximate surface area is 177 Å². The van der Waals surface area contributed by atoms with Crippen LogP contribution in [0.4, 0.5) is 0 Å². The second-order valence-corrected chi connectivity index (χ2v) is 14.9. The summed E-state index contributed by atoms with van der Waals surface area (Å²) in [7, 11) is 0. The minimum atomic E-state index is -0.245. The van der Waals surface area contributed by atoms with E-state index in [0.717, 1.165) is 25.8 Å². The molecule has 5 aliphatic rings. The molecule has 0 aromatic rings.